The fourth-order valence-corrected chi connectivity index (χ4v) is 2.94. The third-order valence-corrected chi connectivity index (χ3v) is 4.74. The third-order valence-electron chi connectivity index (χ3n) is 4.74. The summed E-state index contributed by atoms with van der Waals surface area (Å²) in [4.78, 5) is 34.1. The van der Waals surface area contributed by atoms with Gasteiger partial charge in [-0.05, 0) is 73.1 Å². The summed E-state index contributed by atoms with van der Waals surface area (Å²) < 4.78 is 15.0. The van der Waals surface area contributed by atoms with E-state index in [-0.39, 0.29) is 13.2 Å². The van der Waals surface area contributed by atoms with E-state index in [0.717, 1.165) is 44.1 Å². The zero-order chi connectivity index (χ0) is 25.2. The molecule has 0 amide bonds. The van der Waals surface area contributed by atoms with E-state index in [1.54, 1.807) is 0 Å². The van der Waals surface area contributed by atoms with Crippen LogP contribution in [0, 0.1) is 0 Å². The second kappa shape index (κ2) is 17.9. The second-order valence-corrected chi connectivity index (χ2v) is 8.65. The summed E-state index contributed by atoms with van der Waals surface area (Å²) in [5.74, 6) is -1.54. The molecule has 0 aromatic carbocycles. The Labute approximate surface area is 199 Å². The molecule has 1 atom stereocenters. The van der Waals surface area contributed by atoms with Crippen molar-refractivity contribution in [2.45, 2.75) is 93.1 Å². The lowest BCUT2D eigenvalue weighted by Gasteiger charge is -2.16. The molecule has 0 aliphatic heterocycles. The maximum atomic E-state index is 12.0. The lowest BCUT2D eigenvalue weighted by atomic mass is 10.1. The molecule has 0 aromatic rings. The zero-order valence-corrected chi connectivity index (χ0v) is 21.5. The average molecular weight is 465 g/mol. The first-order valence-corrected chi connectivity index (χ1v) is 11.6. The van der Waals surface area contributed by atoms with Crippen LogP contribution in [0.1, 0.15) is 87.0 Å². The molecule has 6 heteroatoms. The smallest absolute Gasteiger partial charge is 0.330 e. The molecule has 186 valence electrons. The van der Waals surface area contributed by atoms with Gasteiger partial charge in [0.25, 0.3) is 0 Å². The van der Waals surface area contributed by atoms with Crippen molar-refractivity contribution >= 4 is 17.9 Å². The Morgan fingerprint density at radius 2 is 1.12 bits per heavy atom. The lowest BCUT2D eigenvalue weighted by molar-refractivity contribution is -0.163. The topological polar surface area (TPSA) is 78.9 Å². The molecule has 0 aliphatic rings. The molecule has 0 saturated heterocycles. The summed E-state index contributed by atoms with van der Waals surface area (Å²) in [6.07, 6.45) is 13.3. The van der Waals surface area contributed by atoms with E-state index < -0.39 is 24.0 Å². The Morgan fingerprint density at radius 1 is 0.636 bits per heavy atom. The molecule has 0 radical (unpaired) electrons. The van der Waals surface area contributed by atoms with Gasteiger partial charge in [0, 0.05) is 19.9 Å². The number of carbonyl (C=O) groups excluding carboxylic acids is 3. The van der Waals surface area contributed by atoms with Crippen LogP contribution >= 0.6 is 0 Å². The molecule has 0 aliphatic carbocycles. The molecular formula is C27H42O6. The van der Waals surface area contributed by atoms with Crippen molar-refractivity contribution in [2.24, 2.45) is 0 Å². The summed E-state index contributed by atoms with van der Waals surface area (Å²) in [5.41, 5.74) is 5.04. The second-order valence-electron chi connectivity index (χ2n) is 8.65. The summed E-state index contributed by atoms with van der Waals surface area (Å²) in [6.45, 7) is 12.6. The minimum Gasteiger partial charge on any atom is -0.462 e. The van der Waals surface area contributed by atoms with Crippen molar-refractivity contribution in [2.75, 3.05) is 13.2 Å². The number of rotatable bonds is 15. The van der Waals surface area contributed by atoms with Crippen molar-refractivity contribution in [3.8, 4) is 0 Å². The largest absolute Gasteiger partial charge is 0.462 e. The lowest BCUT2D eigenvalue weighted by Crippen LogP contribution is -2.29. The Bertz CT molecular complexity index is 751. The van der Waals surface area contributed by atoms with Gasteiger partial charge in [-0.1, -0.05) is 40.5 Å². The van der Waals surface area contributed by atoms with Gasteiger partial charge in [0.05, 0.1) is 0 Å². The fourth-order valence-electron chi connectivity index (χ4n) is 2.94. The maximum absolute atomic E-state index is 12.0. The third kappa shape index (κ3) is 19.8. The van der Waals surface area contributed by atoms with Crippen molar-refractivity contribution < 1.29 is 28.6 Å². The Balaban J connectivity index is 4.36. The summed E-state index contributed by atoms with van der Waals surface area (Å²) >= 11 is 0. The van der Waals surface area contributed by atoms with Gasteiger partial charge in [-0.2, -0.15) is 0 Å². The van der Waals surface area contributed by atoms with Crippen LogP contribution in [0.3, 0.4) is 0 Å². The van der Waals surface area contributed by atoms with E-state index in [1.807, 2.05) is 6.92 Å². The van der Waals surface area contributed by atoms with Gasteiger partial charge >= 0.3 is 17.9 Å². The Hall–Kier alpha value is -2.63. The van der Waals surface area contributed by atoms with Gasteiger partial charge in [0.15, 0.2) is 6.10 Å². The van der Waals surface area contributed by atoms with Crippen LogP contribution in [0.15, 0.2) is 46.6 Å². The van der Waals surface area contributed by atoms with Crippen molar-refractivity contribution in [3.63, 3.8) is 0 Å². The molecule has 0 rings (SSSR count). The average Bonchev–Trinajstić information content (AvgIpc) is 2.69. The number of hydrogen-bond acceptors (Lipinski definition) is 6. The van der Waals surface area contributed by atoms with E-state index in [1.165, 1.54) is 36.6 Å². The van der Waals surface area contributed by atoms with Gasteiger partial charge in [-0.25, -0.2) is 4.79 Å². The van der Waals surface area contributed by atoms with Crippen LogP contribution in [0.25, 0.3) is 0 Å². The number of carbonyl (C=O) groups is 3. The number of allylic oxidation sites excluding steroid dienone is 7. The molecule has 0 heterocycles. The first-order valence-electron chi connectivity index (χ1n) is 11.6. The van der Waals surface area contributed by atoms with Gasteiger partial charge in [0.2, 0.25) is 0 Å². The summed E-state index contributed by atoms with van der Waals surface area (Å²) in [6, 6.07) is 0. The molecule has 0 spiro atoms. The first kappa shape index (κ1) is 30.4. The molecule has 0 N–H and O–H groups in total. The van der Waals surface area contributed by atoms with Crippen LogP contribution < -0.4 is 0 Å². The van der Waals surface area contributed by atoms with Gasteiger partial charge in [0.1, 0.15) is 13.2 Å². The van der Waals surface area contributed by atoms with Gasteiger partial charge in [-0.3, -0.25) is 9.59 Å². The van der Waals surface area contributed by atoms with Crippen molar-refractivity contribution in [3.05, 3.63) is 46.6 Å². The van der Waals surface area contributed by atoms with Crippen molar-refractivity contribution in [1.82, 2.24) is 0 Å². The van der Waals surface area contributed by atoms with Crippen LogP contribution in [-0.4, -0.2) is 37.2 Å². The van der Waals surface area contributed by atoms with E-state index in [2.05, 4.69) is 45.9 Å². The number of esters is 3. The van der Waals surface area contributed by atoms with Crippen LogP contribution in [-0.2, 0) is 28.6 Å². The Kier molecular flexibility index (Phi) is 16.4. The highest BCUT2D eigenvalue weighted by atomic mass is 16.6. The maximum Gasteiger partial charge on any atom is 0.330 e. The zero-order valence-electron chi connectivity index (χ0n) is 21.5. The van der Waals surface area contributed by atoms with E-state index in [9.17, 15) is 14.4 Å². The molecule has 0 bridgehead atoms. The molecule has 0 saturated carbocycles. The molecule has 6 nitrogen and oxygen atoms in total. The highest BCUT2D eigenvalue weighted by Crippen LogP contribution is 2.13. The molecule has 0 fully saturated rings. The predicted molar refractivity (Wildman–Crippen MR) is 132 cm³/mol. The van der Waals surface area contributed by atoms with E-state index >= 15 is 0 Å². The standard InChI is InChI=1S/C27H42O6/c1-20(2)11-8-12-21(3)13-9-14-22(4)15-10-16-23(5)17-27(30)32-19-26(33-25(7)29)18-31-24(6)28/h11,13,15,17,26H,8-10,12,14,16,18-19H2,1-7H3/b21-13+,22-15+,23-17+/t26-/m0/s1/i5+1,23+1. The minimum absolute atomic E-state index is 0.154. The monoisotopic (exact) mass is 464 g/mol. The summed E-state index contributed by atoms with van der Waals surface area (Å²) in [7, 11) is 0. The summed E-state index contributed by atoms with van der Waals surface area (Å²) in [5, 5.41) is 0. The van der Waals surface area contributed by atoms with Crippen LogP contribution in [0.4, 0.5) is 0 Å². The molecular weight excluding hydrogens is 422 g/mol. The van der Waals surface area contributed by atoms with Crippen LogP contribution in [0.2, 0.25) is 0 Å². The molecule has 0 unspecified atom stereocenters. The highest BCUT2D eigenvalue weighted by Gasteiger charge is 2.16. The Morgan fingerprint density at radius 3 is 1.61 bits per heavy atom. The van der Waals surface area contributed by atoms with Crippen LogP contribution in [0.5, 0.6) is 0 Å². The SMILES string of the molecule is CC(=O)OC[C@@H](COC(=O)/C=[13C](\[13CH3])CC/C=C(\C)CC/C=C(\C)CCC=C(C)C)OC(C)=O. The highest BCUT2D eigenvalue weighted by molar-refractivity contribution is 5.82. The normalized spacial score (nSPS) is 13.2. The van der Waals surface area contributed by atoms with Gasteiger partial charge in [-0.15, -0.1) is 0 Å². The fraction of sp³-hybridized carbons (Fsp3) is 0.593. The quantitative estimate of drug-likeness (QED) is 0.0948. The van der Waals surface area contributed by atoms with E-state index in [4.69, 9.17) is 14.2 Å². The van der Waals surface area contributed by atoms with E-state index in [0.29, 0.717) is 0 Å². The minimum atomic E-state index is -0.820. The predicted octanol–water partition coefficient (Wildman–Crippen LogP) is 6.17. The molecule has 0 aromatic heterocycles. The number of ether oxygens (including phenoxy) is 3. The first-order chi connectivity index (χ1) is 15.5. The van der Waals surface area contributed by atoms with Crippen molar-refractivity contribution in [1.29, 1.82) is 0 Å². The van der Waals surface area contributed by atoms with Gasteiger partial charge < -0.3 is 14.2 Å². The molecule has 33 heavy (non-hydrogen) atoms. The number of hydrogen-bond donors (Lipinski definition) is 0.